The van der Waals surface area contributed by atoms with Gasteiger partial charge in [0.1, 0.15) is 11.1 Å². The quantitative estimate of drug-likeness (QED) is 0.737. The highest BCUT2D eigenvalue weighted by Crippen LogP contribution is 2.34. The molecule has 1 saturated heterocycles. The summed E-state index contributed by atoms with van der Waals surface area (Å²) in [4.78, 5) is 31.1. The molecule has 0 bridgehead atoms. The summed E-state index contributed by atoms with van der Waals surface area (Å²) in [7, 11) is 0. The van der Waals surface area contributed by atoms with Crippen LogP contribution in [0.3, 0.4) is 0 Å². The number of aromatic nitrogens is 1. The smallest absolute Gasteiger partial charge is 0.247 e. The Morgan fingerprint density at radius 3 is 2.56 bits per heavy atom. The number of benzene rings is 1. The van der Waals surface area contributed by atoms with Crippen LogP contribution in [0.2, 0.25) is 0 Å². The second-order valence-corrected chi connectivity index (χ2v) is 8.27. The van der Waals surface area contributed by atoms with Crippen molar-refractivity contribution in [2.75, 3.05) is 4.90 Å². The molecule has 1 aliphatic heterocycles. The van der Waals surface area contributed by atoms with E-state index in [1.807, 2.05) is 25.1 Å². The van der Waals surface area contributed by atoms with Gasteiger partial charge in [-0.2, -0.15) is 5.26 Å². The summed E-state index contributed by atoms with van der Waals surface area (Å²) in [5.74, 6) is -0.0398. The highest BCUT2D eigenvalue weighted by molar-refractivity contribution is 8.00. The summed E-state index contributed by atoms with van der Waals surface area (Å²) in [5.41, 5.74) is 2.97. The van der Waals surface area contributed by atoms with Crippen LogP contribution in [0.1, 0.15) is 37.1 Å². The van der Waals surface area contributed by atoms with Gasteiger partial charge in [-0.1, -0.05) is 43.3 Å². The lowest BCUT2D eigenvalue weighted by molar-refractivity contribution is -0.121. The summed E-state index contributed by atoms with van der Waals surface area (Å²) < 4.78 is 0. The van der Waals surface area contributed by atoms with Crippen LogP contribution in [0.5, 0.6) is 0 Å². The number of pyridine rings is 1. The Balaban J connectivity index is 1.84. The van der Waals surface area contributed by atoms with Crippen LogP contribution in [-0.2, 0) is 16.0 Å². The van der Waals surface area contributed by atoms with Crippen molar-refractivity contribution in [3.05, 3.63) is 53.2 Å². The van der Waals surface area contributed by atoms with Crippen molar-refractivity contribution in [3.8, 4) is 6.07 Å². The summed E-state index contributed by atoms with van der Waals surface area (Å²) in [6.07, 6.45) is 0.907. The van der Waals surface area contributed by atoms with Gasteiger partial charge in [0.2, 0.25) is 11.8 Å². The summed E-state index contributed by atoms with van der Waals surface area (Å²) in [6, 6.07) is 13.0. The minimum atomic E-state index is -0.562. The van der Waals surface area contributed by atoms with Crippen molar-refractivity contribution in [2.24, 2.45) is 5.92 Å². The lowest BCUT2D eigenvalue weighted by Gasteiger charge is -2.15. The molecule has 0 radical (unpaired) electrons. The fraction of sp³-hybridized carbons (Fsp3) is 0.333. The molecule has 5 nitrogen and oxygen atoms in total. The molecule has 1 aliphatic rings. The topological polar surface area (TPSA) is 74.1 Å². The summed E-state index contributed by atoms with van der Waals surface area (Å²) >= 11 is 1.21. The Hall–Kier alpha value is -2.65. The normalized spacial score (nSPS) is 16.9. The van der Waals surface area contributed by atoms with E-state index in [9.17, 15) is 14.9 Å². The Bertz CT molecular complexity index is 916. The first kappa shape index (κ1) is 19.1. The second kappa shape index (κ2) is 7.93. The average molecular weight is 379 g/mol. The minimum Gasteiger partial charge on any atom is -0.274 e. The number of hydrogen-bond acceptors (Lipinski definition) is 5. The van der Waals surface area contributed by atoms with Gasteiger partial charge in [-0.3, -0.25) is 9.59 Å². The Morgan fingerprint density at radius 1 is 1.22 bits per heavy atom. The van der Waals surface area contributed by atoms with E-state index in [4.69, 9.17) is 0 Å². The molecule has 0 N–H and O–H groups in total. The van der Waals surface area contributed by atoms with Crippen molar-refractivity contribution in [3.63, 3.8) is 0 Å². The highest BCUT2D eigenvalue weighted by Gasteiger charge is 2.40. The first-order chi connectivity index (χ1) is 12.9. The number of thioether (sulfide) groups is 1. The van der Waals surface area contributed by atoms with Crippen LogP contribution in [0, 0.1) is 24.2 Å². The maximum absolute atomic E-state index is 12.8. The third kappa shape index (κ3) is 4.20. The number of rotatable bonds is 5. The Labute approximate surface area is 163 Å². The number of carbonyl (C=O) groups is 2. The van der Waals surface area contributed by atoms with Crippen LogP contribution in [0.4, 0.5) is 5.69 Å². The minimum absolute atomic E-state index is 0.109. The molecule has 2 aromatic rings. The zero-order chi connectivity index (χ0) is 19.6. The van der Waals surface area contributed by atoms with E-state index in [-0.39, 0.29) is 18.2 Å². The van der Waals surface area contributed by atoms with Gasteiger partial charge in [-0.05, 0) is 43.5 Å². The summed E-state index contributed by atoms with van der Waals surface area (Å²) in [6.45, 7) is 6.16. The zero-order valence-corrected chi connectivity index (χ0v) is 16.4. The van der Waals surface area contributed by atoms with Gasteiger partial charge in [-0.25, -0.2) is 9.88 Å². The fourth-order valence-corrected chi connectivity index (χ4v) is 4.09. The number of nitrogens with zero attached hydrogens (tertiary/aromatic N) is 3. The van der Waals surface area contributed by atoms with Gasteiger partial charge in [-0.15, -0.1) is 0 Å². The molecule has 6 heteroatoms. The SMILES string of the molecule is Cc1ccc(N2C(=O)C[C@@H](Sc3nc(CC(C)C)ccc3C#N)C2=O)cc1. The number of aryl methyl sites for hydroxylation is 1. The molecule has 0 aliphatic carbocycles. The zero-order valence-electron chi connectivity index (χ0n) is 15.6. The maximum Gasteiger partial charge on any atom is 0.247 e. The molecule has 1 fully saturated rings. The van der Waals surface area contributed by atoms with Crippen molar-refractivity contribution in [2.45, 2.75) is 43.9 Å². The summed E-state index contributed by atoms with van der Waals surface area (Å²) in [5, 5.41) is 9.33. The molecule has 1 aromatic heterocycles. The Kier molecular flexibility index (Phi) is 5.62. The maximum atomic E-state index is 12.8. The van der Waals surface area contributed by atoms with Crippen LogP contribution in [-0.4, -0.2) is 22.0 Å². The van der Waals surface area contributed by atoms with E-state index in [0.29, 0.717) is 22.2 Å². The first-order valence-electron chi connectivity index (χ1n) is 8.89. The van der Waals surface area contributed by atoms with Crippen molar-refractivity contribution >= 4 is 29.3 Å². The van der Waals surface area contributed by atoms with Gasteiger partial charge in [0.25, 0.3) is 0 Å². The molecule has 3 rings (SSSR count). The first-order valence-corrected chi connectivity index (χ1v) is 9.77. The number of imide groups is 1. The molecule has 0 unspecified atom stereocenters. The van der Waals surface area contributed by atoms with E-state index in [1.165, 1.54) is 16.7 Å². The third-order valence-corrected chi connectivity index (χ3v) is 5.49. The van der Waals surface area contributed by atoms with Gasteiger partial charge in [0.05, 0.1) is 16.5 Å². The average Bonchev–Trinajstić information content (AvgIpc) is 2.89. The number of nitriles is 1. The molecule has 0 saturated carbocycles. The van der Waals surface area contributed by atoms with Gasteiger partial charge in [0, 0.05) is 12.1 Å². The fourth-order valence-electron chi connectivity index (χ4n) is 2.98. The van der Waals surface area contributed by atoms with Crippen molar-refractivity contribution < 1.29 is 9.59 Å². The van der Waals surface area contributed by atoms with E-state index in [1.54, 1.807) is 18.2 Å². The predicted molar refractivity (Wildman–Crippen MR) is 105 cm³/mol. The number of carbonyl (C=O) groups excluding carboxylic acids is 2. The Morgan fingerprint density at radius 2 is 1.93 bits per heavy atom. The molecule has 1 atom stereocenters. The van der Waals surface area contributed by atoms with Crippen LogP contribution < -0.4 is 4.90 Å². The van der Waals surface area contributed by atoms with Gasteiger partial charge >= 0.3 is 0 Å². The lowest BCUT2D eigenvalue weighted by Crippen LogP contribution is -2.31. The molecule has 138 valence electrons. The number of amides is 2. The van der Waals surface area contributed by atoms with Gasteiger partial charge < -0.3 is 0 Å². The third-order valence-electron chi connectivity index (χ3n) is 4.31. The van der Waals surface area contributed by atoms with Crippen molar-refractivity contribution in [1.29, 1.82) is 5.26 Å². The molecule has 2 amide bonds. The van der Waals surface area contributed by atoms with Crippen LogP contribution >= 0.6 is 11.8 Å². The second-order valence-electron chi connectivity index (χ2n) is 7.08. The standard InChI is InChI=1S/C21H21N3O2S/c1-13(2)10-16-7-6-15(12-22)20(23-16)27-18-11-19(25)24(21(18)26)17-8-4-14(3)5-9-17/h4-9,13,18H,10-11H2,1-3H3/t18-/m1/s1. The predicted octanol–water partition coefficient (Wildman–Crippen LogP) is 3.88. The van der Waals surface area contributed by atoms with E-state index >= 15 is 0 Å². The number of anilines is 1. The van der Waals surface area contributed by atoms with E-state index in [2.05, 4.69) is 24.9 Å². The molecular formula is C21H21N3O2S. The van der Waals surface area contributed by atoms with E-state index in [0.717, 1.165) is 17.7 Å². The molecule has 27 heavy (non-hydrogen) atoms. The van der Waals surface area contributed by atoms with E-state index < -0.39 is 5.25 Å². The van der Waals surface area contributed by atoms with Crippen molar-refractivity contribution in [1.82, 2.24) is 4.98 Å². The number of hydrogen-bond donors (Lipinski definition) is 0. The largest absolute Gasteiger partial charge is 0.274 e. The lowest BCUT2D eigenvalue weighted by atomic mass is 10.1. The monoisotopic (exact) mass is 379 g/mol. The van der Waals surface area contributed by atoms with Gasteiger partial charge in [0.15, 0.2) is 0 Å². The van der Waals surface area contributed by atoms with Crippen LogP contribution in [0.25, 0.3) is 0 Å². The van der Waals surface area contributed by atoms with Crippen LogP contribution in [0.15, 0.2) is 41.4 Å². The molecule has 1 aromatic carbocycles. The highest BCUT2D eigenvalue weighted by atomic mass is 32.2. The molecule has 0 spiro atoms. The molecular weight excluding hydrogens is 358 g/mol. The molecule has 2 heterocycles.